The third-order valence-electron chi connectivity index (χ3n) is 14.1. The molecule has 0 aliphatic carbocycles. The minimum Gasteiger partial charge on any atom is -0.462 e. The lowest BCUT2D eigenvalue weighted by Gasteiger charge is -2.42. The van der Waals surface area contributed by atoms with E-state index in [9.17, 15) is 45.3 Å². The highest BCUT2D eigenvalue weighted by Gasteiger charge is 2.47. The second-order valence-corrected chi connectivity index (χ2v) is 20.8. The molecule has 15 heteroatoms. The van der Waals surface area contributed by atoms with Crippen molar-refractivity contribution in [1.29, 1.82) is 0 Å². The van der Waals surface area contributed by atoms with E-state index in [0.717, 1.165) is 38.5 Å². The van der Waals surface area contributed by atoms with Crippen molar-refractivity contribution in [2.75, 3.05) is 26.4 Å². The maximum atomic E-state index is 13.1. The number of aliphatic hydroxyl groups is 7. The van der Waals surface area contributed by atoms with Gasteiger partial charge in [-0.1, -0.05) is 192 Å². The fraction of sp³-hybridized carbons (Fsp3) is 0.864. The average molecular weight is 1060 g/mol. The third kappa shape index (κ3) is 32.5. The van der Waals surface area contributed by atoms with Crippen molar-refractivity contribution in [2.45, 2.75) is 300 Å². The number of rotatable bonds is 47. The number of allylic oxidation sites excluding steroid dienone is 6. The molecule has 0 amide bonds. The summed E-state index contributed by atoms with van der Waals surface area (Å²) in [5, 5.41) is 72.3. The minimum absolute atomic E-state index is 0.112. The Hall–Kier alpha value is -2.28. The van der Waals surface area contributed by atoms with Gasteiger partial charge in [0.2, 0.25) is 0 Å². The number of ether oxygens (including phenoxy) is 6. The van der Waals surface area contributed by atoms with Gasteiger partial charge in [0.1, 0.15) is 55.4 Å². The van der Waals surface area contributed by atoms with Crippen molar-refractivity contribution in [3.63, 3.8) is 0 Å². The summed E-state index contributed by atoms with van der Waals surface area (Å²) in [7, 11) is 0. The Balaban J connectivity index is 1.75. The van der Waals surface area contributed by atoms with Crippen LogP contribution in [0.15, 0.2) is 36.5 Å². The predicted molar refractivity (Wildman–Crippen MR) is 289 cm³/mol. The van der Waals surface area contributed by atoms with Crippen molar-refractivity contribution < 1.29 is 73.8 Å². The lowest BCUT2D eigenvalue weighted by molar-refractivity contribution is -0.332. The molecule has 2 aliphatic rings. The number of aliphatic hydroxyl groups excluding tert-OH is 7. The van der Waals surface area contributed by atoms with Crippen molar-refractivity contribution in [3.05, 3.63) is 36.5 Å². The molecule has 2 rings (SSSR count). The molecule has 74 heavy (non-hydrogen) atoms. The molecule has 2 saturated heterocycles. The van der Waals surface area contributed by atoms with Crippen LogP contribution < -0.4 is 0 Å². The molecule has 0 aromatic carbocycles. The van der Waals surface area contributed by atoms with Gasteiger partial charge in [0.15, 0.2) is 18.7 Å². The summed E-state index contributed by atoms with van der Waals surface area (Å²) in [4.78, 5) is 25.8. The summed E-state index contributed by atoms with van der Waals surface area (Å²) in [6, 6.07) is 0. The fourth-order valence-electron chi connectivity index (χ4n) is 9.25. The van der Waals surface area contributed by atoms with E-state index in [1.807, 2.05) is 0 Å². The van der Waals surface area contributed by atoms with Gasteiger partial charge in [0.05, 0.1) is 19.8 Å². The first-order chi connectivity index (χ1) is 36.0. The zero-order chi connectivity index (χ0) is 53.9. The van der Waals surface area contributed by atoms with E-state index in [1.54, 1.807) is 0 Å². The molecule has 0 bridgehead atoms. The molecule has 2 fully saturated rings. The van der Waals surface area contributed by atoms with E-state index in [1.165, 1.54) is 148 Å². The van der Waals surface area contributed by atoms with Gasteiger partial charge in [0.25, 0.3) is 0 Å². The molecule has 0 spiro atoms. The summed E-state index contributed by atoms with van der Waals surface area (Å²) in [6.45, 7) is 2.56. The predicted octanol–water partition coefficient (Wildman–Crippen LogP) is 10.1. The van der Waals surface area contributed by atoms with Crippen molar-refractivity contribution in [2.24, 2.45) is 0 Å². The van der Waals surface area contributed by atoms with Gasteiger partial charge >= 0.3 is 11.9 Å². The van der Waals surface area contributed by atoms with Gasteiger partial charge in [-0.2, -0.15) is 0 Å². The number of hydrogen-bond acceptors (Lipinski definition) is 15. The van der Waals surface area contributed by atoms with Crippen molar-refractivity contribution in [3.8, 4) is 0 Å². The van der Waals surface area contributed by atoms with Crippen molar-refractivity contribution in [1.82, 2.24) is 0 Å². The molecule has 7 N–H and O–H groups in total. The Morgan fingerprint density at radius 3 is 1.31 bits per heavy atom. The highest BCUT2D eigenvalue weighted by atomic mass is 16.7. The fourth-order valence-corrected chi connectivity index (χ4v) is 9.25. The van der Waals surface area contributed by atoms with Crippen LogP contribution in [0.25, 0.3) is 0 Å². The van der Waals surface area contributed by atoms with Gasteiger partial charge < -0.3 is 64.2 Å². The number of esters is 2. The van der Waals surface area contributed by atoms with Crippen molar-refractivity contribution >= 4 is 11.9 Å². The van der Waals surface area contributed by atoms with E-state index in [2.05, 4.69) is 50.3 Å². The zero-order valence-corrected chi connectivity index (χ0v) is 46.1. The second kappa shape index (κ2) is 45.7. The summed E-state index contributed by atoms with van der Waals surface area (Å²) in [5.41, 5.74) is 0. The number of carbonyl (C=O) groups excluding carboxylic acids is 2. The molecular formula is C59H106O15. The highest BCUT2D eigenvalue weighted by Crippen LogP contribution is 2.27. The summed E-state index contributed by atoms with van der Waals surface area (Å²) in [5.74, 6) is -0.993. The summed E-state index contributed by atoms with van der Waals surface area (Å²) < 4.78 is 33.6. The highest BCUT2D eigenvalue weighted by molar-refractivity contribution is 5.70. The van der Waals surface area contributed by atoms with Crippen LogP contribution in [0.1, 0.15) is 232 Å². The number of hydrogen-bond donors (Lipinski definition) is 7. The molecule has 0 aromatic rings. The third-order valence-corrected chi connectivity index (χ3v) is 14.1. The van der Waals surface area contributed by atoms with Crippen LogP contribution >= 0.6 is 0 Å². The van der Waals surface area contributed by atoms with Crippen LogP contribution in [0.4, 0.5) is 0 Å². The first kappa shape index (κ1) is 67.8. The molecule has 4 unspecified atom stereocenters. The summed E-state index contributed by atoms with van der Waals surface area (Å²) >= 11 is 0. The SMILES string of the molecule is CCCCCCCC/C=C/C/C=C/CCCCC(=O)OC[C@H](CO[C@H]1O[C@@H](CO[C@H]2O[C@@H](CO)[C@@H](O)C(O)C2O)[C@@H](O)C(O)C1O)OC(=O)CCC/C=C/CCCCCCCCCCCCCCCCCCCC. The Morgan fingerprint density at radius 1 is 0.432 bits per heavy atom. The monoisotopic (exact) mass is 1050 g/mol. The van der Waals surface area contributed by atoms with E-state index < -0.39 is 99.3 Å². The molecule has 0 radical (unpaired) electrons. The Morgan fingerprint density at radius 2 is 0.824 bits per heavy atom. The molecule has 432 valence electrons. The van der Waals surface area contributed by atoms with Crippen LogP contribution in [0.2, 0.25) is 0 Å². The molecule has 0 saturated carbocycles. The maximum absolute atomic E-state index is 13.1. The second-order valence-electron chi connectivity index (χ2n) is 20.8. The van der Waals surface area contributed by atoms with E-state index in [-0.39, 0.29) is 19.4 Å². The molecule has 0 aromatic heterocycles. The molecular weight excluding hydrogens is 949 g/mol. The standard InChI is InChI=1S/C59H106O15/c1-3-5-7-9-11-13-15-17-19-20-21-22-23-24-25-26-28-30-32-34-36-38-40-42-51(62)72-47(44-69-50(61)41-39-37-35-33-31-29-27-18-16-14-12-10-8-6-4-2)45-70-58-57(68)55(66)53(64)49(74-58)46-71-59-56(67)54(65)52(63)48(43-60)73-59/h18,27,31,33-34,36,47-49,52-60,63-68H,3-17,19-26,28-30,32,35,37-46H2,1-2H3/b27-18+,33-31+,36-34+/t47-,48+,49+,52-,53-,54?,55?,56?,57?,58+,59+/m1/s1. The van der Waals surface area contributed by atoms with Gasteiger partial charge in [-0.25, -0.2) is 0 Å². The van der Waals surface area contributed by atoms with E-state index >= 15 is 0 Å². The molecule has 15 nitrogen and oxygen atoms in total. The van der Waals surface area contributed by atoms with Gasteiger partial charge in [0, 0.05) is 12.8 Å². The van der Waals surface area contributed by atoms with E-state index in [0.29, 0.717) is 19.3 Å². The first-order valence-corrected chi connectivity index (χ1v) is 29.6. The largest absolute Gasteiger partial charge is 0.462 e. The van der Waals surface area contributed by atoms with Gasteiger partial charge in [-0.15, -0.1) is 0 Å². The maximum Gasteiger partial charge on any atom is 0.306 e. The first-order valence-electron chi connectivity index (χ1n) is 29.6. The smallest absolute Gasteiger partial charge is 0.306 e. The average Bonchev–Trinajstić information content (AvgIpc) is 3.39. The lowest BCUT2D eigenvalue weighted by Crippen LogP contribution is -2.61. The molecule has 11 atom stereocenters. The minimum atomic E-state index is -1.77. The quantitative estimate of drug-likeness (QED) is 0.0171. The number of unbranched alkanes of at least 4 members (excludes halogenated alkanes) is 27. The normalized spacial score (nSPS) is 24.9. The van der Waals surface area contributed by atoms with E-state index in [4.69, 9.17) is 28.4 Å². The van der Waals surface area contributed by atoms with Crippen LogP contribution in [-0.2, 0) is 38.0 Å². The van der Waals surface area contributed by atoms with Crippen LogP contribution in [0, 0.1) is 0 Å². The Labute approximate surface area is 446 Å². The zero-order valence-electron chi connectivity index (χ0n) is 46.1. The Bertz CT molecular complexity index is 1430. The Kier molecular flexibility index (Phi) is 41.9. The summed E-state index contributed by atoms with van der Waals surface area (Å²) in [6.07, 6.45) is 34.7. The molecule has 2 aliphatic heterocycles. The number of carbonyl (C=O) groups is 2. The molecule has 2 heterocycles. The topological polar surface area (TPSA) is 231 Å². The van der Waals surface area contributed by atoms with Gasteiger partial charge in [-0.3, -0.25) is 9.59 Å². The van der Waals surface area contributed by atoms with Crippen LogP contribution in [0.5, 0.6) is 0 Å². The van der Waals surface area contributed by atoms with Crippen LogP contribution in [0.3, 0.4) is 0 Å². The van der Waals surface area contributed by atoms with Gasteiger partial charge in [-0.05, 0) is 64.2 Å². The lowest BCUT2D eigenvalue weighted by atomic mass is 9.98. The van der Waals surface area contributed by atoms with Crippen LogP contribution in [-0.4, -0.2) is 142 Å².